The fraction of sp³-hybridized carbons (Fsp3) is 0.500. The molecule has 1 aromatic rings. The summed E-state index contributed by atoms with van der Waals surface area (Å²) in [7, 11) is 0. The number of aliphatic hydroxyl groups is 1. The largest absolute Gasteiger partial charge is 0.478 e. The lowest BCUT2D eigenvalue weighted by Crippen LogP contribution is -2.34. The van der Waals surface area contributed by atoms with E-state index < -0.39 is 5.97 Å². The second kappa shape index (κ2) is 6.70. The average molecular weight is 317 g/mol. The molecule has 1 heterocycles. The number of carboxylic acid groups (broad SMARTS) is 1. The van der Waals surface area contributed by atoms with E-state index in [1.54, 1.807) is 12.3 Å². The fourth-order valence-corrected chi connectivity index (χ4v) is 2.00. The summed E-state index contributed by atoms with van der Waals surface area (Å²) in [5.74, 6) is -0.567. The van der Waals surface area contributed by atoms with Crippen LogP contribution in [0.2, 0.25) is 0 Å². The zero-order chi connectivity index (χ0) is 13.7. The first-order valence-corrected chi connectivity index (χ1v) is 6.53. The van der Waals surface area contributed by atoms with Gasteiger partial charge in [0.05, 0.1) is 0 Å². The van der Waals surface area contributed by atoms with Crippen LogP contribution in [0.15, 0.2) is 16.7 Å². The summed E-state index contributed by atoms with van der Waals surface area (Å²) in [6.45, 7) is 4.57. The van der Waals surface area contributed by atoms with E-state index >= 15 is 0 Å². The van der Waals surface area contributed by atoms with Crippen LogP contribution >= 0.6 is 15.9 Å². The number of rotatable bonds is 6. The van der Waals surface area contributed by atoms with E-state index in [-0.39, 0.29) is 18.2 Å². The van der Waals surface area contributed by atoms with Gasteiger partial charge in [0.2, 0.25) is 0 Å². The first kappa shape index (κ1) is 14.9. The summed E-state index contributed by atoms with van der Waals surface area (Å²) in [5, 5.41) is 18.1. The van der Waals surface area contributed by atoms with Gasteiger partial charge in [-0.2, -0.15) is 0 Å². The molecule has 0 aromatic carbocycles. The van der Waals surface area contributed by atoms with Crippen molar-refractivity contribution in [3.05, 3.63) is 22.3 Å². The molecule has 0 aliphatic heterocycles. The Hall–Kier alpha value is -1.14. The number of anilines is 1. The van der Waals surface area contributed by atoms with Crippen molar-refractivity contribution < 1.29 is 15.0 Å². The molecule has 1 rings (SSSR count). The highest BCUT2D eigenvalue weighted by Crippen LogP contribution is 2.23. The molecule has 1 aromatic heterocycles. The van der Waals surface area contributed by atoms with Crippen molar-refractivity contribution in [3.8, 4) is 0 Å². The van der Waals surface area contributed by atoms with E-state index in [0.717, 1.165) is 0 Å². The lowest BCUT2D eigenvalue weighted by Gasteiger charge is -2.28. The second-order valence-electron chi connectivity index (χ2n) is 4.19. The molecule has 0 saturated heterocycles. The summed E-state index contributed by atoms with van der Waals surface area (Å²) in [6.07, 6.45) is 2.16. The van der Waals surface area contributed by atoms with Gasteiger partial charge in [-0.1, -0.05) is 0 Å². The van der Waals surface area contributed by atoms with Gasteiger partial charge in [-0.15, -0.1) is 0 Å². The van der Waals surface area contributed by atoms with Crippen LogP contribution in [0.1, 0.15) is 30.6 Å². The summed E-state index contributed by atoms with van der Waals surface area (Å²) in [6, 6.07) is 1.65. The van der Waals surface area contributed by atoms with Crippen LogP contribution in [0.5, 0.6) is 0 Å². The molecule has 0 aliphatic carbocycles. The van der Waals surface area contributed by atoms with Gasteiger partial charge in [0, 0.05) is 29.9 Å². The van der Waals surface area contributed by atoms with Crippen molar-refractivity contribution in [2.45, 2.75) is 26.3 Å². The van der Waals surface area contributed by atoms with Crippen LogP contribution in [-0.2, 0) is 0 Å². The van der Waals surface area contributed by atoms with Crippen molar-refractivity contribution in [1.29, 1.82) is 0 Å². The molecule has 0 aliphatic rings. The molecule has 0 bridgehead atoms. The number of aromatic nitrogens is 1. The van der Waals surface area contributed by atoms with Crippen molar-refractivity contribution >= 4 is 27.7 Å². The minimum absolute atomic E-state index is 0.0716. The van der Waals surface area contributed by atoms with Gasteiger partial charge >= 0.3 is 5.97 Å². The molecule has 0 spiro atoms. The second-order valence-corrected chi connectivity index (χ2v) is 5.11. The maximum Gasteiger partial charge on any atom is 0.339 e. The maximum absolute atomic E-state index is 11.2. The van der Waals surface area contributed by atoms with Crippen LogP contribution in [0.25, 0.3) is 0 Å². The highest BCUT2D eigenvalue weighted by Gasteiger charge is 2.19. The van der Waals surface area contributed by atoms with Gasteiger partial charge in [0.25, 0.3) is 0 Å². The molecule has 5 nitrogen and oxygen atoms in total. The Morgan fingerprint density at radius 3 is 2.72 bits per heavy atom. The van der Waals surface area contributed by atoms with Crippen LogP contribution in [0.4, 0.5) is 5.82 Å². The summed E-state index contributed by atoms with van der Waals surface area (Å²) >= 11 is 3.22. The Morgan fingerprint density at radius 1 is 1.56 bits per heavy atom. The molecule has 18 heavy (non-hydrogen) atoms. The van der Waals surface area contributed by atoms with Crippen molar-refractivity contribution in [1.82, 2.24) is 4.98 Å². The molecule has 0 radical (unpaired) electrons. The van der Waals surface area contributed by atoms with E-state index in [1.807, 2.05) is 18.7 Å². The highest BCUT2D eigenvalue weighted by atomic mass is 79.9. The van der Waals surface area contributed by atoms with Crippen LogP contribution in [0, 0.1) is 0 Å². The Labute approximate surface area is 115 Å². The summed E-state index contributed by atoms with van der Waals surface area (Å²) < 4.78 is 0.634. The number of pyridine rings is 1. The highest BCUT2D eigenvalue weighted by molar-refractivity contribution is 9.10. The first-order chi connectivity index (χ1) is 8.47. The van der Waals surface area contributed by atoms with E-state index in [1.165, 1.54) is 0 Å². The number of carboxylic acids is 1. The molecule has 2 N–H and O–H groups in total. The predicted molar refractivity (Wildman–Crippen MR) is 73.1 cm³/mol. The van der Waals surface area contributed by atoms with Crippen molar-refractivity contribution in [3.63, 3.8) is 0 Å². The molecule has 6 heteroatoms. The van der Waals surface area contributed by atoms with Crippen LogP contribution in [0.3, 0.4) is 0 Å². The van der Waals surface area contributed by atoms with E-state index in [0.29, 0.717) is 23.3 Å². The average Bonchev–Trinajstić information content (AvgIpc) is 2.30. The van der Waals surface area contributed by atoms with E-state index in [9.17, 15) is 9.90 Å². The SMILES string of the molecule is CC(C)N(CCCO)c1ncc(Br)cc1C(=O)O. The third-order valence-corrected chi connectivity index (χ3v) is 2.95. The Morgan fingerprint density at radius 2 is 2.22 bits per heavy atom. The Balaban J connectivity index is 3.14. The van der Waals surface area contributed by atoms with Gasteiger partial charge in [0.15, 0.2) is 0 Å². The van der Waals surface area contributed by atoms with E-state index in [2.05, 4.69) is 20.9 Å². The minimum Gasteiger partial charge on any atom is -0.478 e. The van der Waals surface area contributed by atoms with Crippen molar-refractivity contribution in [2.75, 3.05) is 18.1 Å². The minimum atomic E-state index is -1.01. The van der Waals surface area contributed by atoms with Crippen LogP contribution < -0.4 is 4.90 Å². The maximum atomic E-state index is 11.2. The van der Waals surface area contributed by atoms with Gasteiger partial charge in [-0.05, 0) is 42.3 Å². The summed E-state index contributed by atoms with van der Waals surface area (Å²) in [5.41, 5.74) is 0.163. The molecule has 0 atom stereocenters. The Kier molecular flexibility index (Phi) is 5.55. The molecule has 0 fully saturated rings. The molecular formula is C12H17BrN2O3. The lowest BCUT2D eigenvalue weighted by atomic mass is 10.2. The lowest BCUT2D eigenvalue weighted by molar-refractivity contribution is 0.0697. The predicted octanol–water partition coefficient (Wildman–Crippen LogP) is 2.14. The van der Waals surface area contributed by atoms with Crippen molar-refractivity contribution in [2.24, 2.45) is 0 Å². The molecule has 0 unspecified atom stereocenters. The Bertz CT molecular complexity index is 424. The third kappa shape index (κ3) is 3.68. The van der Waals surface area contributed by atoms with Gasteiger partial charge in [-0.25, -0.2) is 9.78 Å². The topological polar surface area (TPSA) is 73.7 Å². The number of carbonyl (C=O) groups is 1. The van der Waals surface area contributed by atoms with Gasteiger partial charge in [0.1, 0.15) is 11.4 Å². The number of hydrogen-bond acceptors (Lipinski definition) is 4. The third-order valence-electron chi connectivity index (χ3n) is 2.52. The number of aliphatic hydroxyl groups excluding tert-OH is 1. The zero-order valence-corrected chi connectivity index (χ0v) is 12.0. The molecule has 0 saturated carbocycles. The quantitative estimate of drug-likeness (QED) is 0.841. The number of nitrogens with zero attached hydrogens (tertiary/aromatic N) is 2. The normalized spacial score (nSPS) is 10.7. The fourth-order valence-electron chi connectivity index (χ4n) is 1.67. The smallest absolute Gasteiger partial charge is 0.339 e. The van der Waals surface area contributed by atoms with Gasteiger partial charge < -0.3 is 15.1 Å². The number of aromatic carboxylic acids is 1. The first-order valence-electron chi connectivity index (χ1n) is 5.73. The molecular weight excluding hydrogens is 300 g/mol. The standard InChI is InChI=1S/C12H17BrN2O3/c1-8(2)15(4-3-5-16)11-10(12(17)18)6-9(13)7-14-11/h6-8,16H,3-5H2,1-2H3,(H,17,18). The van der Waals surface area contributed by atoms with Crippen LogP contribution in [-0.4, -0.2) is 40.4 Å². The molecule has 100 valence electrons. The van der Waals surface area contributed by atoms with Gasteiger partial charge in [-0.3, -0.25) is 0 Å². The zero-order valence-electron chi connectivity index (χ0n) is 10.4. The summed E-state index contributed by atoms with van der Waals surface area (Å²) in [4.78, 5) is 17.3. The number of halogens is 1. The molecule has 0 amide bonds. The number of hydrogen-bond donors (Lipinski definition) is 2. The van der Waals surface area contributed by atoms with E-state index in [4.69, 9.17) is 5.11 Å². The monoisotopic (exact) mass is 316 g/mol.